The van der Waals surface area contributed by atoms with Crippen LogP contribution in [0.3, 0.4) is 0 Å². The lowest BCUT2D eigenvalue weighted by atomic mass is 9.79. The minimum atomic E-state index is -1.11. The first-order valence-electron chi connectivity index (χ1n) is 4.75. The lowest BCUT2D eigenvalue weighted by molar-refractivity contribution is 0.0687. The number of halogens is 1. The van der Waals surface area contributed by atoms with Crippen LogP contribution in [0.25, 0.3) is 0 Å². The summed E-state index contributed by atoms with van der Waals surface area (Å²) in [5.41, 5.74) is 0.0876. The molecule has 1 fully saturated rings. The SMILES string of the molecule is O=C(O)c1[nH]c(=O)c(Cl)cc1C1CCC1. The summed E-state index contributed by atoms with van der Waals surface area (Å²) in [7, 11) is 0. The molecule has 2 rings (SSSR count). The number of aromatic amines is 1. The molecule has 0 bridgehead atoms. The Morgan fingerprint density at radius 1 is 1.53 bits per heavy atom. The van der Waals surface area contributed by atoms with E-state index in [1.807, 2.05) is 0 Å². The van der Waals surface area contributed by atoms with Crippen molar-refractivity contribution in [3.63, 3.8) is 0 Å². The summed E-state index contributed by atoms with van der Waals surface area (Å²) in [6.45, 7) is 0. The smallest absolute Gasteiger partial charge is 0.352 e. The zero-order chi connectivity index (χ0) is 11.0. The van der Waals surface area contributed by atoms with Gasteiger partial charge in [-0.1, -0.05) is 18.0 Å². The van der Waals surface area contributed by atoms with Gasteiger partial charge >= 0.3 is 5.97 Å². The van der Waals surface area contributed by atoms with Crippen molar-refractivity contribution in [2.75, 3.05) is 0 Å². The summed E-state index contributed by atoms with van der Waals surface area (Å²) in [5.74, 6) is -0.879. The van der Waals surface area contributed by atoms with Crippen LogP contribution >= 0.6 is 11.6 Å². The van der Waals surface area contributed by atoms with Gasteiger partial charge in [-0.2, -0.15) is 0 Å². The Morgan fingerprint density at radius 2 is 2.20 bits per heavy atom. The number of rotatable bonds is 2. The van der Waals surface area contributed by atoms with E-state index in [-0.39, 0.29) is 16.6 Å². The van der Waals surface area contributed by atoms with Gasteiger partial charge in [0.2, 0.25) is 0 Å². The molecule has 2 N–H and O–H groups in total. The Balaban J connectivity index is 2.54. The van der Waals surface area contributed by atoms with Crippen LogP contribution < -0.4 is 5.56 Å². The summed E-state index contributed by atoms with van der Waals surface area (Å²) in [4.78, 5) is 24.4. The molecular formula is C10H10ClNO3. The minimum Gasteiger partial charge on any atom is -0.477 e. The van der Waals surface area contributed by atoms with Gasteiger partial charge in [-0.25, -0.2) is 4.79 Å². The van der Waals surface area contributed by atoms with Crippen LogP contribution in [0, 0.1) is 0 Å². The van der Waals surface area contributed by atoms with Crippen LogP contribution in [-0.4, -0.2) is 16.1 Å². The van der Waals surface area contributed by atoms with Gasteiger partial charge < -0.3 is 10.1 Å². The predicted octanol–water partition coefficient (Wildman–Crippen LogP) is 1.99. The maximum absolute atomic E-state index is 11.2. The molecule has 4 nitrogen and oxygen atoms in total. The van der Waals surface area contributed by atoms with Crippen molar-refractivity contribution in [1.29, 1.82) is 0 Å². The average molecular weight is 228 g/mol. The number of aromatic nitrogens is 1. The lowest BCUT2D eigenvalue weighted by Crippen LogP contribution is -2.20. The number of H-pyrrole nitrogens is 1. The molecule has 0 aliphatic heterocycles. The van der Waals surface area contributed by atoms with Crippen LogP contribution in [0.15, 0.2) is 10.9 Å². The summed E-state index contributed by atoms with van der Waals surface area (Å²) in [5, 5.41) is 8.99. The Hall–Kier alpha value is -1.29. The van der Waals surface area contributed by atoms with E-state index < -0.39 is 11.5 Å². The van der Waals surface area contributed by atoms with Crippen molar-refractivity contribution in [3.05, 3.63) is 32.7 Å². The number of nitrogens with one attached hydrogen (secondary N) is 1. The molecule has 0 amide bonds. The van der Waals surface area contributed by atoms with Crippen molar-refractivity contribution in [3.8, 4) is 0 Å². The van der Waals surface area contributed by atoms with E-state index >= 15 is 0 Å². The fourth-order valence-electron chi connectivity index (χ4n) is 1.74. The van der Waals surface area contributed by atoms with Gasteiger partial charge in [0.05, 0.1) is 0 Å². The van der Waals surface area contributed by atoms with E-state index in [1.165, 1.54) is 6.07 Å². The third-order valence-corrected chi connectivity index (χ3v) is 3.07. The second-order valence-corrected chi connectivity index (χ2v) is 4.12. The van der Waals surface area contributed by atoms with E-state index in [0.29, 0.717) is 5.56 Å². The van der Waals surface area contributed by atoms with Crippen molar-refractivity contribution in [1.82, 2.24) is 4.98 Å². The van der Waals surface area contributed by atoms with Crippen LogP contribution in [-0.2, 0) is 0 Å². The summed E-state index contributed by atoms with van der Waals surface area (Å²) < 4.78 is 0. The van der Waals surface area contributed by atoms with E-state index in [2.05, 4.69) is 4.98 Å². The standard InChI is InChI=1S/C10H10ClNO3/c11-7-4-6(5-2-1-3-5)8(10(14)15)12-9(7)13/h4-5H,1-3H2,(H,12,13)(H,14,15). The molecule has 0 aromatic carbocycles. The van der Waals surface area contributed by atoms with Crippen molar-refractivity contribution in [2.24, 2.45) is 0 Å². The van der Waals surface area contributed by atoms with Gasteiger partial charge in [-0.15, -0.1) is 0 Å². The molecule has 5 heteroatoms. The molecule has 1 aliphatic carbocycles. The molecule has 1 aliphatic rings. The molecule has 0 unspecified atom stereocenters. The first-order valence-corrected chi connectivity index (χ1v) is 5.13. The number of hydrogen-bond donors (Lipinski definition) is 2. The number of hydrogen-bond acceptors (Lipinski definition) is 2. The topological polar surface area (TPSA) is 70.2 Å². The largest absolute Gasteiger partial charge is 0.477 e. The summed E-state index contributed by atoms with van der Waals surface area (Å²) in [6.07, 6.45) is 3.02. The third kappa shape index (κ3) is 1.77. The van der Waals surface area contributed by atoms with Gasteiger partial charge in [-0.3, -0.25) is 4.79 Å². The second kappa shape index (κ2) is 3.70. The molecule has 1 aromatic heterocycles. The normalized spacial score (nSPS) is 16.1. The number of carbonyl (C=O) groups is 1. The Labute approximate surface area is 90.9 Å². The molecule has 1 aromatic rings. The highest BCUT2D eigenvalue weighted by Crippen LogP contribution is 2.37. The zero-order valence-electron chi connectivity index (χ0n) is 7.92. The molecule has 0 atom stereocenters. The molecule has 15 heavy (non-hydrogen) atoms. The third-order valence-electron chi connectivity index (χ3n) is 2.79. The molecule has 1 saturated carbocycles. The fraction of sp³-hybridized carbons (Fsp3) is 0.400. The quantitative estimate of drug-likeness (QED) is 0.812. The van der Waals surface area contributed by atoms with Gasteiger partial charge in [0.25, 0.3) is 5.56 Å². The highest BCUT2D eigenvalue weighted by molar-refractivity contribution is 6.30. The Kier molecular flexibility index (Phi) is 2.52. The van der Waals surface area contributed by atoms with Crippen LogP contribution in [0.4, 0.5) is 0 Å². The summed E-state index contributed by atoms with van der Waals surface area (Å²) in [6, 6.07) is 1.48. The molecule has 0 spiro atoms. The Bertz CT molecular complexity index is 462. The van der Waals surface area contributed by atoms with Crippen LogP contribution in [0.1, 0.15) is 41.2 Å². The van der Waals surface area contributed by atoms with Crippen molar-refractivity contribution in [2.45, 2.75) is 25.2 Å². The maximum Gasteiger partial charge on any atom is 0.352 e. The van der Waals surface area contributed by atoms with Crippen molar-refractivity contribution < 1.29 is 9.90 Å². The van der Waals surface area contributed by atoms with Crippen LogP contribution in [0.5, 0.6) is 0 Å². The van der Waals surface area contributed by atoms with Gasteiger partial charge in [0.1, 0.15) is 10.7 Å². The Morgan fingerprint density at radius 3 is 2.67 bits per heavy atom. The average Bonchev–Trinajstić information content (AvgIpc) is 2.07. The number of carboxylic acids is 1. The summed E-state index contributed by atoms with van der Waals surface area (Å²) >= 11 is 5.68. The molecule has 80 valence electrons. The van der Waals surface area contributed by atoms with E-state index in [1.54, 1.807) is 0 Å². The molecular weight excluding hydrogens is 218 g/mol. The first-order chi connectivity index (χ1) is 7.09. The maximum atomic E-state index is 11.2. The van der Waals surface area contributed by atoms with Gasteiger partial charge in [-0.05, 0) is 30.4 Å². The molecule has 0 saturated heterocycles. The van der Waals surface area contributed by atoms with Crippen LogP contribution in [0.2, 0.25) is 5.02 Å². The number of carboxylic acid groups (broad SMARTS) is 1. The van der Waals surface area contributed by atoms with E-state index in [4.69, 9.17) is 16.7 Å². The van der Waals surface area contributed by atoms with E-state index in [0.717, 1.165) is 19.3 Å². The molecule has 0 radical (unpaired) electrons. The predicted molar refractivity (Wildman–Crippen MR) is 55.6 cm³/mol. The number of aromatic carboxylic acids is 1. The van der Waals surface area contributed by atoms with Gasteiger partial charge in [0.15, 0.2) is 0 Å². The molecule has 1 heterocycles. The zero-order valence-corrected chi connectivity index (χ0v) is 8.67. The monoisotopic (exact) mass is 227 g/mol. The fourth-order valence-corrected chi connectivity index (χ4v) is 1.90. The highest BCUT2D eigenvalue weighted by atomic mass is 35.5. The van der Waals surface area contributed by atoms with Crippen molar-refractivity contribution >= 4 is 17.6 Å². The second-order valence-electron chi connectivity index (χ2n) is 3.71. The minimum absolute atomic E-state index is 0.0194. The first kappa shape index (κ1) is 10.2. The van der Waals surface area contributed by atoms with E-state index in [9.17, 15) is 9.59 Å². The lowest BCUT2D eigenvalue weighted by Gasteiger charge is -2.26. The number of pyridine rings is 1. The van der Waals surface area contributed by atoms with Gasteiger partial charge in [0, 0.05) is 0 Å². The highest BCUT2D eigenvalue weighted by Gasteiger charge is 2.25.